The molecule has 5 aliphatic rings. The molecule has 2 unspecified atom stereocenters. The van der Waals surface area contributed by atoms with Gasteiger partial charge in [-0.1, -0.05) is 15.9 Å². The number of hydrogen-bond acceptors (Lipinski definition) is 2. The van der Waals surface area contributed by atoms with Gasteiger partial charge in [0, 0.05) is 28.8 Å². The van der Waals surface area contributed by atoms with E-state index in [0.29, 0.717) is 0 Å². The molecule has 26 heavy (non-hydrogen) atoms. The standard InChI is InChI=1S/C22H29BrN2O/c23-22-13-16-10-17(14-22)12-21(11-16,15-22)20(26)24-18-4-6-19(7-5-18)25-8-2-1-3-9-25/h4-7,16-17H,1-3,8-15H2,(H,24,26). The quantitative estimate of drug-likeness (QED) is 0.673. The van der Waals surface area contributed by atoms with Gasteiger partial charge < -0.3 is 10.2 Å². The SMILES string of the molecule is O=C(Nc1ccc(N2CCCCC2)cc1)C12CC3CC(CC(Br)(C3)C1)C2. The number of nitrogens with one attached hydrogen (secondary N) is 1. The van der Waals surface area contributed by atoms with Crippen molar-refractivity contribution in [2.24, 2.45) is 17.3 Å². The summed E-state index contributed by atoms with van der Waals surface area (Å²) in [7, 11) is 0. The molecule has 0 aromatic heterocycles. The number of alkyl halides is 1. The largest absolute Gasteiger partial charge is 0.372 e. The van der Waals surface area contributed by atoms with Gasteiger partial charge in [0.25, 0.3) is 0 Å². The first kappa shape index (κ1) is 17.1. The Balaban J connectivity index is 1.30. The van der Waals surface area contributed by atoms with Crippen LogP contribution in [0.5, 0.6) is 0 Å². The average molecular weight is 417 g/mol. The van der Waals surface area contributed by atoms with Gasteiger partial charge in [0.05, 0.1) is 5.41 Å². The smallest absolute Gasteiger partial charge is 0.230 e. The molecule has 6 rings (SSSR count). The third kappa shape index (κ3) is 2.98. The number of amides is 1. The normalized spacial score (nSPS) is 38.4. The molecule has 140 valence electrons. The number of hydrogen-bond donors (Lipinski definition) is 1. The molecule has 3 nitrogen and oxygen atoms in total. The molecule has 1 N–H and O–H groups in total. The molecule has 4 aliphatic carbocycles. The number of carbonyl (C=O) groups excluding carboxylic acids is 1. The second kappa shape index (κ2) is 6.25. The fourth-order valence-corrected chi connectivity index (χ4v) is 8.04. The zero-order valence-corrected chi connectivity index (χ0v) is 17.1. The summed E-state index contributed by atoms with van der Waals surface area (Å²) in [4.78, 5) is 15.7. The van der Waals surface area contributed by atoms with Crippen molar-refractivity contribution in [2.75, 3.05) is 23.3 Å². The summed E-state index contributed by atoms with van der Waals surface area (Å²) in [5.41, 5.74) is 2.10. The van der Waals surface area contributed by atoms with Gasteiger partial charge in [0.1, 0.15) is 0 Å². The number of nitrogens with zero attached hydrogens (tertiary/aromatic N) is 1. The molecular weight excluding hydrogens is 388 g/mol. The average Bonchev–Trinajstić information content (AvgIpc) is 2.61. The van der Waals surface area contributed by atoms with E-state index in [1.807, 2.05) is 0 Å². The first-order valence-electron chi connectivity index (χ1n) is 10.4. The van der Waals surface area contributed by atoms with Crippen LogP contribution in [0.4, 0.5) is 11.4 Å². The Kier molecular flexibility index (Phi) is 4.11. The van der Waals surface area contributed by atoms with Gasteiger partial charge in [-0.25, -0.2) is 0 Å². The van der Waals surface area contributed by atoms with Crippen LogP contribution in [0.15, 0.2) is 24.3 Å². The summed E-state index contributed by atoms with van der Waals surface area (Å²) in [6.07, 6.45) is 11.0. The van der Waals surface area contributed by atoms with Crippen molar-refractivity contribution in [3.8, 4) is 0 Å². The fraction of sp³-hybridized carbons (Fsp3) is 0.682. The molecule has 1 heterocycles. The highest BCUT2D eigenvalue weighted by atomic mass is 79.9. The monoisotopic (exact) mass is 416 g/mol. The molecule has 2 atom stereocenters. The molecule has 1 amide bonds. The van der Waals surface area contributed by atoms with Crippen LogP contribution in [-0.2, 0) is 4.79 Å². The van der Waals surface area contributed by atoms with Gasteiger partial charge in [-0.05, 0) is 93.9 Å². The maximum atomic E-state index is 13.3. The van der Waals surface area contributed by atoms with Gasteiger partial charge >= 0.3 is 0 Å². The van der Waals surface area contributed by atoms with E-state index < -0.39 is 0 Å². The first-order chi connectivity index (χ1) is 12.5. The van der Waals surface area contributed by atoms with E-state index in [9.17, 15) is 4.79 Å². The Hall–Kier alpha value is -1.03. The van der Waals surface area contributed by atoms with Gasteiger partial charge in [0.2, 0.25) is 5.91 Å². The van der Waals surface area contributed by atoms with Gasteiger partial charge in [-0.15, -0.1) is 0 Å². The first-order valence-corrected chi connectivity index (χ1v) is 11.2. The molecule has 4 saturated carbocycles. The molecule has 1 aromatic rings. The summed E-state index contributed by atoms with van der Waals surface area (Å²) >= 11 is 4.01. The zero-order chi connectivity index (χ0) is 17.8. The lowest BCUT2D eigenvalue weighted by molar-refractivity contribution is -0.138. The topological polar surface area (TPSA) is 32.3 Å². The second-order valence-electron chi connectivity index (χ2n) is 9.44. The minimum absolute atomic E-state index is 0.140. The Morgan fingerprint density at radius 2 is 1.65 bits per heavy atom. The van der Waals surface area contributed by atoms with Crippen LogP contribution in [0.3, 0.4) is 0 Å². The van der Waals surface area contributed by atoms with Gasteiger partial charge in [-0.3, -0.25) is 4.79 Å². The summed E-state index contributed by atoms with van der Waals surface area (Å²) in [6.45, 7) is 2.32. The summed E-state index contributed by atoms with van der Waals surface area (Å²) in [6, 6.07) is 8.53. The van der Waals surface area contributed by atoms with E-state index in [1.165, 1.54) is 44.2 Å². The number of anilines is 2. The number of halogens is 1. The van der Waals surface area contributed by atoms with Crippen molar-refractivity contribution in [3.63, 3.8) is 0 Å². The van der Waals surface area contributed by atoms with E-state index in [-0.39, 0.29) is 15.6 Å². The van der Waals surface area contributed by atoms with E-state index in [4.69, 9.17) is 0 Å². The molecular formula is C22H29BrN2O. The maximum Gasteiger partial charge on any atom is 0.230 e. The van der Waals surface area contributed by atoms with Crippen LogP contribution >= 0.6 is 15.9 Å². The predicted octanol–water partition coefficient (Wildman–Crippen LogP) is 5.35. The fourth-order valence-electron chi connectivity index (χ4n) is 6.59. The van der Waals surface area contributed by atoms with Gasteiger partial charge in [0.15, 0.2) is 0 Å². The van der Waals surface area contributed by atoms with Crippen LogP contribution in [0.2, 0.25) is 0 Å². The highest BCUT2D eigenvalue weighted by molar-refractivity contribution is 9.10. The minimum Gasteiger partial charge on any atom is -0.372 e. The van der Waals surface area contributed by atoms with Crippen LogP contribution in [-0.4, -0.2) is 23.3 Å². The number of carbonyl (C=O) groups is 1. The van der Waals surface area contributed by atoms with Crippen molar-refractivity contribution in [3.05, 3.63) is 24.3 Å². The number of rotatable bonds is 3. The predicted molar refractivity (Wildman–Crippen MR) is 110 cm³/mol. The summed E-state index contributed by atoms with van der Waals surface area (Å²) in [5.74, 6) is 1.74. The molecule has 4 heteroatoms. The van der Waals surface area contributed by atoms with Crippen LogP contribution in [0, 0.1) is 17.3 Å². The summed E-state index contributed by atoms with van der Waals surface area (Å²) < 4.78 is 0.229. The number of benzene rings is 1. The third-order valence-electron chi connectivity index (χ3n) is 7.32. The molecule has 4 bridgehead atoms. The lowest BCUT2D eigenvalue weighted by atomic mass is 9.49. The van der Waals surface area contributed by atoms with Gasteiger partial charge in [-0.2, -0.15) is 0 Å². The van der Waals surface area contributed by atoms with Crippen molar-refractivity contribution in [2.45, 2.75) is 62.1 Å². The Morgan fingerprint density at radius 1 is 1.00 bits per heavy atom. The van der Waals surface area contributed by atoms with Crippen LogP contribution in [0.25, 0.3) is 0 Å². The lowest BCUT2D eigenvalue weighted by Gasteiger charge is -2.59. The molecule has 0 radical (unpaired) electrons. The van der Waals surface area contributed by atoms with Crippen molar-refractivity contribution >= 4 is 33.2 Å². The molecule has 1 aliphatic heterocycles. The highest BCUT2D eigenvalue weighted by Crippen LogP contribution is 2.64. The van der Waals surface area contributed by atoms with E-state index >= 15 is 0 Å². The zero-order valence-electron chi connectivity index (χ0n) is 15.5. The minimum atomic E-state index is -0.140. The van der Waals surface area contributed by atoms with Crippen LogP contribution < -0.4 is 10.2 Å². The van der Waals surface area contributed by atoms with Crippen LogP contribution in [0.1, 0.15) is 57.8 Å². The molecule has 0 spiro atoms. The highest BCUT2D eigenvalue weighted by Gasteiger charge is 2.59. The Bertz CT molecular complexity index is 681. The summed E-state index contributed by atoms with van der Waals surface area (Å²) in [5, 5.41) is 3.27. The van der Waals surface area contributed by atoms with Crippen molar-refractivity contribution < 1.29 is 4.79 Å². The van der Waals surface area contributed by atoms with Crippen molar-refractivity contribution in [1.29, 1.82) is 0 Å². The van der Waals surface area contributed by atoms with E-state index in [2.05, 4.69) is 50.4 Å². The molecule has 1 aromatic carbocycles. The van der Waals surface area contributed by atoms with E-state index in [0.717, 1.165) is 49.9 Å². The number of piperidine rings is 1. The Morgan fingerprint density at radius 3 is 2.27 bits per heavy atom. The van der Waals surface area contributed by atoms with E-state index in [1.54, 1.807) is 0 Å². The lowest BCUT2D eigenvalue weighted by Crippen LogP contribution is -2.57. The molecule has 1 saturated heterocycles. The molecule has 5 fully saturated rings. The maximum absolute atomic E-state index is 13.3. The third-order valence-corrected chi connectivity index (χ3v) is 8.25. The second-order valence-corrected chi connectivity index (χ2v) is 11.1. The Labute approximate surface area is 165 Å². The van der Waals surface area contributed by atoms with Crippen molar-refractivity contribution in [1.82, 2.24) is 0 Å².